The zero-order chi connectivity index (χ0) is 19.9. The summed E-state index contributed by atoms with van der Waals surface area (Å²) >= 11 is 4.41. The smallest absolute Gasteiger partial charge is 0.289 e. The first kappa shape index (κ1) is 19.1. The van der Waals surface area contributed by atoms with Crippen molar-refractivity contribution in [2.75, 3.05) is 5.32 Å². The van der Waals surface area contributed by atoms with Crippen LogP contribution in [0.3, 0.4) is 0 Å². The van der Waals surface area contributed by atoms with E-state index in [2.05, 4.69) is 38.9 Å². The Morgan fingerprint density at radius 2 is 1.71 bits per heavy atom. The third-order valence-electron chi connectivity index (χ3n) is 3.82. The summed E-state index contributed by atoms with van der Waals surface area (Å²) in [6, 6.07) is 16.2. The van der Waals surface area contributed by atoms with Crippen molar-refractivity contribution in [3.8, 4) is 11.8 Å². The van der Waals surface area contributed by atoms with Crippen molar-refractivity contribution in [3.63, 3.8) is 0 Å². The molecule has 0 radical (unpaired) electrons. The molecular weight excluding hydrogens is 370 g/mol. The van der Waals surface area contributed by atoms with Crippen molar-refractivity contribution in [3.05, 3.63) is 94.8 Å². The molecule has 0 atom stereocenters. The van der Waals surface area contributed by atoms with Gasteiger partial charge in [-0.2, -0.15) is 0 Å². The Labute approximate surface area is 168 Å². The molecule has 0 saturated heterocycles. The lowest BCUT2D eigenvalue weighted by molar-refractivity contribution is 0.100. The second-order valence-electron chi connectivity index (χ2n) is 6.01. The molecular formula is C22H15N3O2S. The average Bonchev–Trinajstić information content (AvgIpc) is 2.72. The summed E-state index contributed by atoms with van der Waals surface area (Å²) < 4.78 is 3.20. The number of benzene rings is 2. The number of nitrogens with one attached hydrogen (secondary N) is 1. The Balaban J connectivity index is 1.79. The number of nitrogens with zero attached hydrogens (tertiary/aromatic N) is 2. The molecule has 1 heterocycles. The first-order chi connectivity index (χ1) is 13.5. The highest BCUT2D eigenvalue weighted by Gasteiger charge is 2.07. The van der Waals surface area contributed by atoms with E-state index in [1.807, 2.05) is 31.2 Å². The Morgan fingerprint density at radius 3 is 2.50 bits per heavy atom. The van der Waals surface area contributed by atoms with Gasteiger partial charge in [-0.25, -0.2) is 0 Å². The predicted octanol–water partition coefficient (Wildman–Crippen LogP) is 3.91. The maximum absolute atomic E-state index is 12.5. The second-order valence-corrected chi connectivity index (χ2v) is 6.20. The molecule has 0 aliphatic heterocycles. The number of rotatable bonds is 3. The molecule has 0 fully saturated rings. The molecule has 0 saturated carbocycles. The molecule has 2 aromatic carbocycles. The van der Waals surface area contributed by atoms with Crippen LogP contribution in [-0.2, 0) is 12.4 Å². The number of amides is 2. The maximum atomic E-state index is 12.5. The minimum Gasteiger partial charge on any atom is -0.322 e. The van der Waals surface area contributed by atoms with E-state index < -0.39 is 5.91 Å². The summed E-state index contributed by atoms with van der Waals surface area (Å²) in [5.41, 5.74) is 3.81. The van der Waals surface area contributed by atoms with E-state index in [1.165, 1.54) is 6.20 Å². The number of hydrogen-bond acceptors (Lipinski definition) is 4. The second kappa shape index (κ2) is 8.80. The highest BCUT2D eigenvalue weighted by Crippen LogP contribution is 2.12. The van der Waals surface area contributed by atoms with E-state index >= 15 is 0 Å². The Kier molecular flexibility index (Phi) is 6.00. The minimum atomic E-state index is -0.527. The van der Waals surface area contributed by atoms with Crippen LogP contribution in [0.4, 0.5) is 5.69 Å². The lowest BCUT2D eigenvalue weighted by Gasteiger charge is -2.06. The van der Waals surface area contributed by atoms with Crippen molar-refractivity contribution in [2.24, 2.45) is 4.36 Å². The van der Waals surface area contributed by atoms with Crippen molar-refractivity contribution in [1.82, 2.24) is 4.98 Å². The van der Waals surface area contributed by atoms with Gasteiger partial charge in [0.05, 0.1) is 5.56 Å². The topological polar surface area (TPSA) is 71.4 Å². The van der Waals surface area contributed by atoms with Crippen LogP contribution in [0.5, 0.6) is 0 Å². The first-order valence-corrected chi connectivity index (χ1v) is 8.74. The van der Waals surface area contributed by atoms with Crippen LogP contribution in [0.15, 0.2) is 71.4 Å². The molecule has 0 bridgehead atoms. The lowest BCUT2D eigenvalue weighted by Crippen LogP contribution is -2.11. The Morgan fingerprint density at radius 1 is 0.964 bits per heavy atom. The van der Waals surface area contributed by atoms with Crippen LogP contribution in [0.25, 0.3) is 0 Å². The van der Waals surface area contributed by atoms with Gasteiger partial charge in [0.1, 0.15) is 0 Å². The van der Waals surface area contributed by atoms with Crippen LogP contribution in [-0.4, -0.2) is 16.8 Å². The first-order valence-electron chi connectivity index (χ1n) is 8.38. The van der Waals surface area contributed by atoms with Crippen LogP contribution in [0, 0.1) is 18.8 Å². The third kappa shape index (κ3) is 4.93. The van der Waals surface area contributed by atoms with Gasteiger partial charge in [0.15, 0.2) is 0 Å². The molecule has 28 heavy (non-hydrogen) atoms. The standard InChI is InChI=1S/C22H15N3O2S/c1-15-4-2-7-20(10-15)24-21(26)18-6-3-5-16(11-18)8-9-17-12-19(14-23-13-17)22(27)25-28/h2-7,10-14H,1H3,(H,24,26). The molecule has 3 rings (SSSR count). The summed E-state index contributed by atoms with van der Waals surface area (Å²) in [5, 5.41) is 2.87. The molecule has 0 unspecified atom stereocenters. The van der Waals surface area contributed by atoms with Crippen molar-refractivity contribution in [2.45, 2.75) is 6.92 Å². The monoisotopic (exact) mass is 385 g/mol. The SMILES string of the molecule is Cc1cccc(NC(=O)c2cccc(C#Cc3cncc(C(=O)N=S)c3)c2)c1. The summed E-state index contributed by atoms with van der Waals surface area (Å²) in [4.78, 5) is 28.0. The molecule has 136 valence electrons. The van der Waals surface area contributed by atoms with E-state index in [0.717, 1.165) is 11.3 Å². The predicted molar refractivity (Wildman–Crippen MR) is 110 cm³/mol. The van der Waals surface area contributed by atoms with Gasteiger partial charge in [-0.3, -0.25) is 14.6 Å². The molecule has 2 amide bonds. The normalized spacial score (nSPS) is 9.75. The molecule has 0 spiro atoms. The van der Waals surface area contributed by atoms with E-state index in [-0.39, 0.29) is 11.5 Å². The molecule has 6 heteroatoms. The number of aryl methyl sites for hydroxylation is 1. The van der Waals surface area contributed by atoms with Gasteiger partial charge >= 0.3 is 0 Å². The number of carbonyl (C=O) groups is 2. The van der Waals surface area contributed by atoms with Gasteiger partial charge < -0.3 is 5.32 Å². The number of carbonyl (C=O) groups excluding carboxylic acids is 2. The van der Waals surface area contributed by atoms with Gasteiger partial charge in [-0.05, 0) is 48.9 Å². The molecule has 1 N–H and O–H groups in total. The lowest BCUT2D eigenvalue weighted by atomic mass is 10.1. The van der Waals surface area contributed by atoms with Gasteiger partial charge in [0.25, 0.3) is 11.8 Å². The molecule has 1 aromatic heterocycles. The number of aromatic nitrogens is 1. The van der Waals surface area contributed by atoms with Gasteiger partial charge in [0, 0.05) is 47.2 Å². The molecule has 5 nitrogen and oxygen atoms in total. The fraction of sp³-hybridized carbons (Fsp3) is 0.0455. The van der Waals surface area contributed by atoms with E-state index in [9.17, 15) is 9.59 Å². The summed E-state index contributed by atoms with van der Waals surface area (Å²) in [5.74, 6) is 5.17. The molecule has 0 aliphatic carbocycles. The van der Waals surface area contributed by atoms with E-state index in [1.54, 1.807) is 36.5 Å². The van der Waals surface area contributed by atoms with Crippen molar-refractivity contribution < 1.29 is 9.59 Å². The van der Waals surface area contributed by atoms with Crippen LogP contribution >= 0.6 is 0 Å². The molecule has 3 aromatic rings. The minimum absolute atomic E-state index is 0.212. The van der Waals surface area contributed by atoms with Crippen LogP contribution < -0.4 is 5.32 Å². The fourth-order valence-electron chi connectivity index (χ4n) is 2.49. The highest BCUT2D eigenvalue weighted by atomic mass is 32.1. The average molecular weight is 385 g/mol. The summed E-state index contributed by atoms with van der Waals surface area (Å²) in [7, 11) is 0. The van der Waals surface area contributed by atoms with Gasteiger partial charge in [-0.15, -0.1) is 4.36 Å². The maximum Gasteiger partial charge on any atom is 0.289 e. The van der Waals surface area contributed by atoms with E-state index in [4.69, 9.17) is 0 Å². The number of hydrogen-bond donors (Lipinski definition) is 1. The van der Waals surface area contributed by atoms with Gasteiger partial charge in [0.2, 0.25) is 0 Å². The Bertz CT molecular complexity index is 1130. The molecule has 0 aliphatic rings. The van der Waals surface area contributed by atoms with Crippen LogP contribution in [0.2, 0.25) is 0 Å². The van der Waals surface area contributed by atoms with Gasteiger partial charge in [-0.1, -0.05) is 30.0 Å². The quantitative estimate of drug-likeness (QED) is 0.694. The number of pyridine rings is 1. The number of anilines is 1. The van der Waals surface area contributed by atoms with Crippen molar-refractivity contribution in [1.29, 1.82) is 0 Å². The highest BCUT2D eigenvalue weighted by molar-refractivity contribution is 7.47. The largest absolute Gasteiger partial charge is 0.322 e. The zero-order valence-electron chi connectivity index (χ0n) is 15.0. The van der Waals surface area contributed by atoms with Crippen LogP contribution in [0.1, 0.15) is 37.4 Å². The van der Waals surface area contributed by atoms with E-state index in [0.29, 0.717) is 16.7 Å². The Hall–Kier alpha value is -3.69. The summed E-state index contributed by atoms with van der Waals surface area (Å²) in [6.07, 6.45) is 2.93. The van der Waals surface area contributed by atoms with Crippen molar-refractivity contribution >= 4 is 29.9 Å². The zero-order valence-corrected chi connectivity index (χ0v) is 15.8. The summed E-state index contributed by atoms with van der Waals surface area (Å²) in [6.45, 7) is 1.96. The third-order valence-corrected chi connectivity index (χ3v) is 3.99. The fourth-order valence-corrected chi connectivity index (χ4v) is 2.59.